The number of nitrogens with zero attached hydrogens (tertiary/aromatic N) is 2. The van der Waals surface area contributed by atoms with Crippen molar-refractivity contribution in [2.75, 3.05) is 5.32 Å². The number of H-pyrrole nitrogens is 1. The standard InChI is InChI=1S/C10H12N4OS/c1-6-4-11-10(16-6)7(2)14-8-3-9(15)13-5-12-8/h3-5,7H,1-2H3,(H2,12,13,14,15). The van der Waals surface area contributed by atoms with Crippen LogP contribution in [0.4, 0.5) is 5.82 Å². The molecule has 6 heteroatoms. The van der Waals surface area contributed by atoms with E-state index < -0.39 is 0 Å². The van der Waals surface area contributed by atoms with Gasteiger partial charge in [-0.2, -0.15) is 0 Å². The minimum atomic E-state index is -0.167. The van der Waals surface area contributed by atoms with Gasteiger partial charge >= 0.3 is 0 Å². The second-order valence-electron chi connectivity index (χ2n) is 3.47. The number of aryl methyl sites for hydroxylation is 1. The molecule has 16 heavy (non-hydrogen) atoms. The number of thiazole rings is 1. The summed E-state index contributed by atoms with van der Waals surface area (Å²) in [5.41, 5.74) is -0.167. The van der Waals surface area contributed by atoms with Crippen LogP contribution in [-0.2, 0) is 0 Å². The highest BCUT2D eigenvalue weighted by molar-refractivity contribution is 7.11. The third-order valence-corrected chi connectivity index (χ3v) is 3.15. The zero-order valence-electron chi connectivity index (χ0n) is 9.02. The second kappa shape index (κ2) is 4.44. The van der Waals surface area contributed by atoms with Crippen LogP contribution in [0.5, 0.6) is 0 Å². The smallest absolute Gasteiger partial charge is 0.252 e. The van der Waals surface area contributed by atoms with Gasteiger partial charge in [-0.1, -0.05) is 0 Å². The van der Waals surface area contributed by atoms with Crippen LogP contribution in [0, 0.1) is 6.92 Å². The summed E-state index contributed by atoms with van der Waals surface area (Å²) in [6.07, 6.45) is 3.22. The van der Waals surface area contributed by atoms with Gasteiger partial charge in [-0.3, -0.25) is 4.79 Å². The molecule has 0 aromatic carbocycles. The van der Waals surface area contributed by atoms with Crippen LogP contribution < -0.4 is 10.9 Å². The predicted molar refractivity (Wildman–Crippen MR) is 63.7 cm³/mol. The first-order chi connectivity index (χ1) is 7.65. The van der Waals surface area contributed by atoms with Crippen molar-refractivity contribution >= 4 is 17.2 Å². The SMILES string of the molecule is Cc1cnc(C(C)Nc2cc(=O)[nH]cn2)s1. The lowest BCUT2D eigenvalue weighted by Crippen LogP contribution is -2.12. The summed E-state index contributed by atoms with van der Waals surface area (Å²) in [5, 5.41) is 4.11. The zero-order chi connectivity index (χ0) is 11.5. The molecule has 2 N–H and O–H groups in total. The fourth-order valence-electron chi connectivity index (χ4n) is 1.30. The van der Waals surface area contributed by atoms with Crippen molar-refractivity contribution in [1.29, 1.82) is 0 Å². The Bertz CT molecular complexity index is 533. The molecule has 0 radical (unpaired) electrons. The average molecular weight is 236 g/mol. The Hall–Kier alpha value is -1.69. The van der Waals surface area contributed by atoms with Gasteiger partial charge in [0.1, 0.15) is 10.8 Å². The molecule has 0 saturated carbocycles. The maximum Gasteiger partial charge on any atom is 0.252 e. The minimum absolute atomic E-state index is 0.0491. The maximum atomic E-state index is 11.1. The van der Waals surface area contributed by atoms with Crippen LogP contribution >= 0.6 is 11.3 Å². The zero-order valence-corrected chi connectivity index (χ0v) is 9.84. The Morgan fingerprint density at radius 3 is 2.94 bits per heavy atom. The van der Waals surface area contributed by atoms with Crippen molar-refractivity contribution in [3.63, 3.8) is 0 Å². The van der Waals surface area contributed by atoms with Gasteiger partial charge in [-0.15, -0.1) is 11.3 Å². The molecule has 0 spiro atoms. The molecule has 2 aromatic heterocycles. The summed E-state index contributed by atoms with van der Waals surface area (Å²) in [6.45, 7) is 4.00. The van der Waals surface area contributed by atoms with Crippen LogP contribution in [0.2, 0.25) is 0 Å². The first-order valence-electron chi connectivity index (χ1n) is 4.89. The number of hydrogen-bond donors (Lipinski definition) is 2. The predicted octanol–water partition coefficient (Wildman–Crippen LogP) is 1.71. The highest BCUT2D eigenvalue weighted by Gasteiger charge is 2.09. The number of aromatic nitrogens is 3. The number of nitrogens with one attached hydrogen (secondary N) is 2. The third-order valence-electron chi connectivity index (χ3n) is 2.05. The van der Waals surface area contributed by atoms with Gasteiger partial charge in [-0.25, -0.2) is 9.97 Å². The second-order valence-corrected chi connectivity index (χ2v) is 4.74. The molecule has 2 rings (SSSR count). The number of aromatic amines is 1. The van der Waals surface area contributed by atoms with Crippen molar-refractivity contribution in [2.24, 2.45) is 0 Å². The Morgan fingerprint density at radius 1 is 1.50 bits per heavy atom. The van der Waals surface area contributed by atoms with E-state index in [9.17, 15) is 4.79 Å². The summed E-state index contributed by atoms with van der Waals surface area (Å²) in [5.74, 6) is 0.559. The summed E-state index contributed by atoms with van der Waals surface area (Å²) < 4.78 is 0. The minimum Gasteiger partial charge on any atom is -0.361 e. The Labute approximate surface area is 96.6 Å². The highest BCUT2D eigenvalue weighted by Crippen LogP contribution is 2.21. The monoisotopic (exact) mass is 236 g/mol. The summed E-state index contributed by atoms with van der Waals surface area (Å²) >= 11 is 1.63. The van der Waals surface area contributed by atoms with E-state index in [0.717, 1.165) is 5.01 Å². The Balaban J connectivity index is 2.13. The largest absolute Gasteiger partial charge is 0.361 e. The first-order valence-corrected chi connectivity index (χ1v) is 5.70. The molecule has 5 nitrogen and oxygen atoms in total. The molecule has 0 bridgehead atoms. The lowest BCUT2D eigenvalue weighted by atomic mass is 10.3. The van der Waals surface area contributed by atoms with Crippen LogP contribution in [0.25, 0.3) is 0 Å². The van der Waals surface area contributed by atoms with E-state index in [2.05, 4.69) is 20.3 Å². The molecule has 0 aliphatic rings. The Morgan fingerprint density at radius 2 is 2.31 bits per heavy atom. The van der Waals surface area contributed by atoms with Crippen LogP contribution in [0.15, 0.2) is 23.4 Å². The van der Waals surface area contributed by atoms with Gasteiger partial charge in [0.2, 0.25) is 0 Å². The van der Waals surface area contributed by atoms with E-state index in [4.69, 9.17) is 0 Å². The van der Waals surface area contributed by atoms with Gasteiger partial charge < -0.3 is 10.3 Å². The van der Waals surface area contributed by atoms with Crippen LogP contribution in [-0.4, -0.2) is 15.0 Å². The van der Waals surface area contributed by atoms with Crippen LogP contribution in [0.3, 0.4) is 0 Å². The van der Waals surface area contributed by atoms with Gasteiger partial charge in [0.25, 0.3) is 5.56 Å². The van der Waals surface area contributed by atoms with Gasteiger partial charge in [0.15, 0.2) is 0 Å². The van der Waals surface area contributed by atoms with Crippen LogP contribution in [0.1, 0.15) is 22.9 Å². The van der Waals surface area contributed by atoms with Crippen molar-refractivity contribution in [3.05, 3.63) is 38.8 Å². The fraction of sp³-hybridized carbons (Fsp3) is 0.300. The van der Waals surface area contributed by atoms with Crippen molar-refractivity contribution in [3.8, 4) is 0 Å². The molecule has 0 aliphatic heterocycles. The van der Waals surface area contributed by atoms with E-state index in [1.54, 1.807) is 11.3 Å². The molecule has 0 saturated heterocycles. The molecule has 2 aromatic rings. The Kier molecular flexibility index (Phi) is 3.00. The first kappa shape index (κ1) is 10.8. The molecule has 1 unspecified atom stereocenters. The van der Waals surface area contributed by atoms with Gasteiger partial charge in [0, 0.05) is 17.1 Å². The molecular formula is C10H12N4OS. The molecule has 84 valence electrons. The van der Waals surface area contributed by atoms with Crippen molar-refractivity contribution < 1.29 is 0 Å². The quantitative estimate of drug-likeness (QED) is 0.851. The third kappa shape index (κ3) is 2.46. The highest BCUT2D eigenvalue weighted by atomic mass is 32.1. The normalized spacial score (nSPS) is 12.4. The maximum absolute atomic E-state index is 11.1. The van der Waals surface area contributed by atoms with Gasteiger partial charge in [0.05, 0.1) is 12.4 Å². The average Bonchev–Trinajstić information content (AvgIpc) is 2.65. The topological polar surface area (TPSA) is 70.7 Å². The van der Waals surface area contributed by atoms with E-state index in [1.165, 1.54) is 17.3 Å². The van der Waals surface area contributed by atoms with E-state index >= 15 is 0 Å². The fourth-order valence-corrected chi connectivity index (χ4v) is 2.08. The number of anilines is 1. The summed E-state index contributed by atoms with van der Waals surface area (Å²) in [4.78, 5) is 23.0. The molecule has 0 aliphatic carbocycles. The molecular weight excluding hydrogens is 224 g/mol. The number of rotatable bonds is 3. The van der Waals surface area contributed by atoms with E-state index in [1.807, 2.05) is 20.0 Å². The molecule has 0 fully saturated rings. The lowest BCUT2D eigenvalue weighted by Gasteiger charge is -2.10. The molecule has 2 heterocycles. The van der Waals surface area contributed by atoms with Gasteiger partial charge in [-0.05, 0) is 13.8 Å². The molecule has 1 atom stereocenters. The van der Waals surface area contributed by atoms with E-state index in [0.29, 0.717) is 5.82 Å². The van der Waals surface area contributed by atoms with E-state index in [-0.39, 0.29) is 11.6 Å². The summed E-state index contributed by atoms with van der Waals surface area (Å²) in [7, 11) is 0. The lowest BCUT2D eigenvalue weighted by molar-refractivity contribution is 0.857. The van der Waals surface area contributed by atoms with Crippen molar-refractivity contribution in [1.82, 2.24) is 15.0 Å². The molecule has 0 amide bonds. The number of hydrogen-bond acceptors (Lipinski definition) is 5. The summed E-state index contributed by atoms with van der Waals surface area (Å²) in [6, 6.07) is 1.48. The van der Waals surface area contributed by atoms with Crippen molar-refractivity contribution in [2.45, 2.75) is 19.9 Å².